The van der Waals surface area contributed by atoms with E-state index in [1.807, 2.05) is 84.9 Å². The number of benzene rings is 4. The molecular formula is C33H32ClN3O4. The Kier molecular flexibility index (Phi) is 8.87. The van der Waals surface area contributed by atoms with Gasteiger partial charge in [-0.3, -0.25) is 9.59 Å². The molecule has 7 nitrogen and oxygen atoms in total. The lowest BCUT2D eigenvalue weighted by Crippen LogP contribution is -2.45. The largest absolute Gasteiger partial charge is 0.481 e. The molecule has 0 radical (unpaired) electrons. The molecule has 8 heteroatoms. The van der Waals surface area contributed by atoms with Gasteiger partial charge >= 0.3 is 5.97 Å². The Bertz CT molecular complexity index is 1500. The van der Waals surface area contributed by atoms with E-state index in [0.29, 0.717) is 21.9 Å². The molecule has 0 bridgehead atoms. The van der Waals surface area contributed by atoms with E-state index in [2.05, 4.69) is 22.2 Å². The average Bonchev–Trinajstić information content (AvgIpc) is 2.98. The van der Waals surface area contributed by atoms with Gasteiger partial charge < -0.3 is 25.0 Å². The fourth-order valence-corrected chi connectivity index (χ4v) is 5.15. The van der Waals surface area contributed by atoms with Gasteiger partial charge in [0.15, 0.2) is 0 Å². The molecule has 4 aromatic carbocycles. The molecule has 0 saturated carbocycles. The second kappa shape index (κ2) is 12.9. The zero-order valence-corrected chi connectivity index (χ0v) is 23.6. The van der Waals surface area contributed by atoms with Crippen molar-refractivity contribution in [2.45, 2.75) is 12.5 Å². The minimum atomic E-state index is -1.01. The number of aliphatic carboxylic acids is 1. The zero-order valence-electron chi connectivity index (χ0n) is 22.8. The summed E-state index contributed by atoms with van der Waals surface area (Å²) in [5.74, 6) is 0.0710. The number of ether oxygens (including phenoxy) is 1. The SMILES string of the molecule is CN1CCN(c2ccc(Cl)cc2C(=O)NC(CC(=O)O)c2ccc(-c3ccccc3Oc3ccccc3)cc2)CC1. The quantitative estimate of drug-likeness (QED) is 0.239. The molecule has 1 heterocycles. The Hall–Kier alpha value is -4.33. The number of carbonyl (C=O) groups is 2. The van der Waals surface area contributed by atoms with E-state index in [-0.39, 0.29) is 12.3 Å². The van der Waals surface area contributed by atoms with E-state index in [1.165, 1.54) is 0 Å². The van der Waals surface area contributed by atoms with Crippen molar-refractivity contribution >= 4 is 29.2 Å². The molecule has 41 heavy (non-hydrogen) atoms. The first kappa shape index (κ1) is 28.2. The molecule has 4 aromatic rings. The standard InChI is InChI=1S/C33H32ClN3O4/c1-36-17-19-37(20-18-36)30-16-15-25(34)21-28(30)33(40)35-29(22-32(38)39)24-13-11-23(12-14-24)27-9-5-6-10-31(27)41-26-7-3-2-4-8-26/h2-16,21,29H,17-20,22H2,1H3,(H,35,40)(H,38,39). The van der Waals surface area contributed by atoms with Gasteiger partial charge in [0.2, 0.25) is 0 Å². The Morgan fingerprint density at radius 2 is 1.59 bits per heavy atom. The van der Waals surface area contributed by atoms with Gasteiger partial charge in [0.25, 0.3) is 5.91 Å². The summed E-state index contributed by atoms with van der Waals surface area (Å²) in [5.41, 5.74) is 3.72. The number of piperazine rings is 1. The number of carboxylic acid groups (broad SMARTS) is 1. The Labute approximate surface area is 244 Å². The Morgan fingerprint density at radius 3 is 2.29 bits per heavy atom. The van der Waals surface area contributed by atoms with Gasteiger partial charge in [-0.25, -0.2) is 0 Å². The first-order valence-electron chi connectivity index (χ1n) is 13.6. The van der Waals surface area contributed by atoms with E-state index < -0.39 is 12.0 Å². The summed E-state index contributed by atoms with van der Waals surface area (Å²) in [7, 11) is 2.07. The summed E-state index contributed by atoms with van der Waals surface area (Å²) >= 11 is 6.29. The first-order chi connectivity index (χ1) is 19.9. The van der Waals surface area contributed by atoms with Crippen LogP contribution in [0.5, 0.6) is 11.5 Å². The number of carbonyl (C=O) groups excluding carboxylic acids is 1. The lowest BCUT2D eigenvalue weighted by atomic mass is 9.98. The van der Waals surface area contributed by atoms with Gasteiger partial charge in [-0.1, -0.05) is 72.3 Å². The van der Waals surface area contributed by atoms with Gasteiger partial charge in [-0.2, -0.15) is 0 Å². The number of rotatable bonds is 9. The molecule has 1 amide bonds. The van der Waals surface area contributed by atoms with Crippen molar-refractivity contribution in [3.63, 3.8) is 0 Å². The number of para-hydroxylation sites is 2. The number of nitrogens with zero attached hydrogens (tertiary/aromatic N) is 2. The van der Waals surface area contributed by atoms with Crippen LogP contribution in [-0.2, 0) is 4.79 Å². The van der Waals surface area contributed by atoms with E-state index in [9.17, 15) is 14.7 Å². The smallest absolute Gasteiger partial charge is 0.305 e. The minimum absolute atomic E-state index is 0.261. The predicted octanol–water partition coefficient (Wildman–Crippen LogP) is 6.50. The van der Waals surface area contributed by atoms with Crippen LogP contribution in [0.2, 0.25) is 5.02 Å². The van der Waals surface area contributed by atoms with Crippen molar-refractivity contribution in [1.82, 2.24) is 10.2 Å². The number of halogens is 1. The van der Waals surface area contributed by atoms with Crippen LogP contribution in [-0.4, -0.2) is 55.1 Å². The van der Waals surface area contributed by atoms with Crippen LogP contribution in [0.25, 0.3) is 11.1 Å². The van der Waals surface area contributed by atoms with Crippen LogP contribution in [0.1, 0.15) is 28.4 Å². The molecule has 0 aliphatic carbocycles. The molecule has 1 atom stereocenters. The number of nitrogens with one attached hydrogen (secondary N) is 1. The number of hydrogen-bond donors (Lipinski definition) is 2. The first-order valence-corrected chi connectivity index (χ1v) is 13.9. The van der Waals surface area contributed by atoms with Crippen molar-refractivity contribution in [1.29, 1.82) is 0 Å². The average molecular weight is 570 g/mol. The summed E-state index contributed by atoms with van der Waals surface area (Å²) in [6, 6.07) is 29.4. The summed E-state index contributed by atoms with van der Waals surface area (Å²) in [6.07, 6.45) is -0.261. The monoisotopic (exact) mass is 569 g/mol. The van der Waals surface area contributed by atoms with E-state index >= 15 is 0 Å². The van der Waals surface area contributed by atoms with E-state index in [1.54, 1.807) is 12.1 Å². The van der Waals surface area contributed by atoms with Gasteiger partial charge in [0.05, 0.1) is 18.0 Å². The van der Waals surface area contributed by atoms with Gasteiger partial charge in [0, 0.05) is 42.5 Å². The molecule has 5 rings (SSSR count). The van der Waals surface area contributed by atoms with Crippen LogP contribution in [0.15, 0.2) is 97.1 Å². The maximum absolute atomic E-state index is 13.6. The topological polar surface area (TPSA) is 82.1 Å². The normalized spacial score (nSPS) is 14.3. The molecule has 0 aromatic heterocycles. The lowest BCUT2D eigenvalue weighted by Gasteiger charge is -2.35. The summed E-state index contributed by atoms with van der Waals surface area (Å²) in [6.45, 7) is 3.34. The van der Waals surface area contributed by atoms with Crippen LogP contribution in [0, 0.1) is 0 Å². The lowest BCUT2D eigenvalue weighted by molar-refractivity contribution is -0.137. The van der Waals surface area contributed by atoms with Crippen molar-refractivity contribution in [2.75, 3.05) is 38.1 Å². The van der Waals surface area contributed by atoms with Gasteiger partial charge in [-0.15, -0.1) is 0 Å². The Morgan fingerprint density at radius 1 is 0.902 bits per heavy atom. The summed E-state index contributed by atoms with van der Waals surface area (Å²) < 4.78 is 6.12. The third-order valence-electron chi connectivity index (χ3n) is 7.21. The fraction of sp³-hybridized carbons (Fsp3) is 0.212. The third-order valence-corrected chi connectivity index (χ3v) is 7.45. The van der Waals surface area contributed by atoms with Crippen molar-refractivity contribution in [2.24, 2.45) is 0 Å². The highest BCUT2D eigenvalue weighted by molar-refractivity contribution is 6.31. The molecular weight excluding hydrogens is 538 g/mol. The number of anilines is 1. The maximum Gasteiger partial charge on any atom is 0.305 e. The molecule has 1 fully saturated rings. The predicted molar refractivity (Wildman–Crippen MR) is 162 cm³/mol. The number of amides is 1. The second-order valence-corrected chi connectivity index (χ2v) is 10.5. The minimum Gasteiger partial charge on any atom is -0.481 e. The zero-order chi connectivity index (χ0) is 28.8. The number of hydrogen-bond acceptors (Lipinski definition) is 5. The highest BCUT2D eigenvalue weighted by atomic mass is 35.5. The van der Waals surface area contributed by atoms with Gasteiger partial charge in [0.1, 0.15) is 11.5 Å². The molecule has 1 aliphatic rings. The maximum atomic E-state index is 13.6. The van der Waals surface area contributed by atoms with E-state index in [4.69, 9.17) is 16.3 Å². The number of likely N-dealkylation sites (N-methyl/N-ethyl adjacent to an activating group) is 1. The van der Waals surface area contributed by atoms with Crippen molar-refractivity contribution in [3.05, 3.63) is 113 Å². The molecule has 1 saturated heterocycles. The third kappa shape index (κ3) is 7.06. The Balaban J connectivity index is 1.38. The molecule has 1 aliphatic heterocycles. The molecule has 210 valence electrons. The van der Waals surface area contributed by atoms with E-state index in [0.717, 1.165) is 48.7 Å². The van der Waals surface area contributed by atoms with Crippen LogP contribution >= 0.6 is 11.6 Å². The van der Waals surface area contributed by atoms with Crippen LogP contribution in [0.3, 0.4) is 0 Å². The molecule has 2 N–H and O–H groups in total. The molecule has 1 unspecified atom stereocenters. The number of carboxylic acids is 1. The summed E-state index contributed by atoms with van der Waals surface area (Å²) in [5, 5.41) is 13.1. The fourth-order valence-electron chi connectivity index (χ4n) is 4.98. The van der Waals surface area contributed by atoms with Gasteiger partial charge in [-0.05, 0) is 54.6 Å². The highest BCUT2D eigenvalue weighted by Gasteiger charge is 2.24. The van der Waals surface area contributed by atoms with Crippen molar-refractivity contribution in [3.8, 4) is 22.6 Å². The van der Waals surface area contributed by atoms with Crippen LogP contribution < -0.4 is 15.0 Å². The second-order valence-electron chi connectivity index (χ2n) is 10.1. The molecule has 0 spiro atoms. The highest BCUT2D eigenvalue weighted by Crippen LogP contribution is 2.34. The van der Waals surface area contributed by atoms with Crippen molar-refractivity contribution < 1.29 is 19.4 Å². The van der Waals surface area contributed by atoms with Crippen LogP contribution in [0.4, 0.5) is 5.69 Å². The summed E-state index contributed by atoms with van der Waals surface area (Å²) in [4.78, 5) is 29.8.